The topological polar surface area (TPSA) is 36.0 Å². The molecule has 0 aliphatic carbocycles. The Hall–Kier alpha value is -1.70. The minimum Gasteiger partial charge on any atom is -0.379 e. The lowest BCUT2D eigenvalue weighted by Gasteiger charge is -2.38. The number of anilines is 1. The van der Waals surface area contributed by atoms with Crippen LogP contribution in [-0.4, -0.2) is 68.2 Å². The Balaban J connectivity index is 1.36. The van der Waals surface area contributed by atoms with E-state index >= 15 is 0 Å². The second-order valence-corrected chi connectivity index (χ2v) is 9.96. The fourth-order valence-corrected chi connectivity index (χ4v) is 5.68. The zero-order valence-electron chi connectivity index (χ0n) is 18.5. The van der Waals surface area contributed by atoms with Crippen LogP contribution >= 0.6 is 23.2 Å². The first-order valence-corrected chi connectivity index (χ1v) is 12.3. The van der Waals surface area contributed by atoms with Gasteiger partial charge in [0, 0.05) is 44.0 Å². The molecule has 0 aromatic heterocycles. The number of hydrogen-bond acceptors (Lipinski definition) is 4. The molecule has 1 amide bonds. The number of amides is 1. The van der Waals surface area contributed by atoms with E-state index in [1.807, 2.05) is 29.2 Å². The summed E-state index contributed by atoms with van der Waals surface area (Å²) in [6.45, 7) is 6.62. The van der Waals surface area contributed by atoms with Crippen LogP contribution < -0.4 is 4.90 Å². The summed E-state index contributed by atoms with van der Waals surface area (Å²) in [6.07, 6.45) is 1.36. The predicted molar refractivity (Wildman–Crippen MR) is 129 cm³/mol. The van der Waals surface area contributed by atoms with Crippen LogP contribution in [0.3, 0.4) is 0 Å². The zero-order chi connectivity index (χ0) is 23.0. The van der Waals surface area contributed by atoms with Gasteiger partial charge in [-0.05, 0) is 49.7 Å². The van der Waals surface area contributed by atoms with Gasteiger partial charge in [0.25, 0.3) is 0 Å². The van der Waals surface area contributed by atoms with Crippen molar-refractivity contribution < 1.29 is 13.9 Å². The molecule has 3 heterocycles. The van der Waals surface area contributed by atoms with Crippen molar-refractivity contribution >= 4 is 34.8 Å². The monoisotopic (exact) mass is 491 g/mol. The van der Waals surface area contributed by atoms with E-state index in [2.05, 4.69) is 9.80 Å². The van der Waals surface area contributed by atoms with Crippen molar-refractivity contribution in [2.24, 2.45) is 0 Å². The summed E-state index contributed by atoms with van der Waals surface area (Å²) in [5.41, 5.74) is 1.95. The Morgan fingerprint density at radius 2 is 1.64 bits per heavy atom. The molecule has 3 aliphatic heterocycles. The van der Waals surface area contributed by atoms with E-state index in [9.17, 15) is 9.18 Å². The Morgan fingerprint density at radius 1 is 0.939 bits per heavy atom. The highest BCUT2D eigenvalue weighted by molar-refractivity contribution is 6.42. The van der Waals surface area contributed by atoms with Gasteiger partial charge in [-0.25, -0.2) is 4.39 Å². The molecular formula is C25H28Cl2FN3O2. The lowest BCUT2D eigenvalue weighted by Crippen LogP contribution is -2.50. The molecule has 33 heavy (non-hydrogen) atoms. The average Bonchev–Trinajstić information content (AvgIpc) is 3.03. The smallest absolute Gasteiger partial charge is 0.237 e. The highest BCUT2D eigenvalue weighted by Gasteiger charge is 2.52. The van der Waals surface area contributed by atoms with E-state index in [0.717, 1.165) is 57.2 Å². The van der Waals surface area contributed by atoms with Crippen LogP contribution in [0.15, 0.2) is 36.4 Å². The molecule has 5 nitrogen and oxygen atoms in total. The molecule has 0 N–H and O–H groups in total. The van der Waals surface area contributed by atoms with E-state index in [-0.39, 0.29) is 11.7 Å². The van der Waals surface area contributed by atoms with Gasteiger partial charge in [-0.2, -0.15) is 0 Å². The summed E-state index contributed by atoms with van der Waals surface area (Å²) < 4.78 is 19.6. The third kappa shape index (κ3) is 4.40. The van der Waals surface area contributed by atoms with Crippen LogP contribution in [0.25, 0.3) is 0 Å². The normalized spacial score (nSPS) is 21.1. The number of hydrogen-bond donors (Lipinski definition) is 0. The minimum atomic E-state index is -0.597. The fraction of sp³-hybridized carbons (Fsp3) is 0.480. The first kappa shape index (κ1) is 23.1. The number of fused-ring (bicyclic) bond motifs is 2. The second kappa shape index (κ2) is 9.51. The Bertz CT molecular complexity index is 1040. The van der Waals surface area contributed by atoms with Crippen LogP contribution in [-0.2, 0) is 21.5 Å². The maximum atomic E-state index is 14.1. The number of carbonyl (C=O) groups is 1. The second-order valence-electron chi connectivity index (χ2n) is 9.14. The standard InChI is InChI=1S/C25H28Cl2FN3O2/c26-20-15-19-23(16-21(20)27)31(10-9-29-11-13-33-14-12-29)24(32)25(19)5-7-30(8-6-25)17-18-3-1-2-4-22(18)28/h1-4,15-16H,5-14,17H2. The molecule has 0 unspecified atom stereocenters. The van der Waals surface area contributed by atoms with E-state index in [0.29, 0.717) is 41.5 Å². The maximum Gasteiger partial charge on any atom is 0.237 e. The molecule has 2 aromatic rings. The number of morpholine rings is 1. The maximum absolute atomic E-state index is 14.1. The number of likely N-dealkylation sites (tertiary alicyclic amines) is 1. The molecule has 2 fully saturated rings. The number of carbonyl (C=O) groups excluding carboxylic acids is 1. The summed E-state index contributed by atoms with van der Waals surface area (Å²) in [5, 5.41) is 0.944. The molecule has 176 valence electrons. The largest absolute Gasteiger partial charge is 0.379 e. The molecule has 3 aliphatic rings. The highest BCUT2D eigenvalue weighted by atomic mass is 35.5. The Morgan fingerprint density at radius 3 is 2.36 bits per heavy atom. The lowest BCUT2D eigenvalue weighted by atomic mass is 9.73. The van der Waals surface area contributed by atoms with Gasteiger partial charge in [0.1, 0.15) is 5.82 Å². The summed E-state index contributed by atoms with van der Waals surface area (Å²) in [4.78, 5) is 20.3. The number of rotatable bonds is 5. The first-order chi connectivity index (χ1) is 16.0. The minimum absolute atomic E-state index is 0.134. The van der Waals surface area contributed by atoms with Crippen molar-refractivity contribution in [1.29, 1.82) is 0 Å². The third-order valence-corrected chi connectivity index (χ3v) is 8.03. The average molecular weight is 492 g/mol. The Labute approximate surface area is 204 Å². The fourth-order valence-electron chi connectivity index (χ4n) is 5.36. The van der Waals surface area contributed by atoms with Crippen molar-refractivity contribution in [3.8, 4) is 0 Å². The lowest BCUT2D eigenvalue weighted by molar-refractivity contribution is -0.125. The van der Waals surface area contributed by atoms with Crippen molar-refractivity contribution in [2.75, 3.05) is 57.4 Å². The predicted octanol–water partition coefficient (Wildman–Crippen LogP) is 4.35. The van der Waals surface area contributed by atoms with Gasteiger partial charge in [-0.15, -0.1) is 0 Å². The highest BCUT2D eigenvalue weighted by Crippen LogP contribution is 2.50. The van der Waals surface area contributed by atoms with Crippen molar-refractivity contribution in [3.05, 3.63) is 63.4 Å². The van der Waals surface area contributed by atoms with Crippen molar-refractivity contribution in [1.82, 2.24) is 9.80 Å². The molecule has 0 saturated carbocycles. The number of nitrogens with zero attached hydrogens (tertiary/aromatic N) is 3. The number of halogens is 3. The molecule has 0 atom stereocenters. The van der Waals surface area contributed by atoms with Crippen LogP contribution in [0.2, 0.25) is 10.0 Å². The van der Waals surface area contributed by atoms with Gasteiger partial charge >= 0.3 is 0 Å². The number of piperidine rings is 1. The van der Waals surface area contributed by atoms with E-state index in [4.69, 9.17) is 27.9 Å². The summed E-state index contributed by atoms with van der Waals surface area (Å²) in [7, 11) is 0. The van der Waals surface area contributed by atoms with E-state index < -0.39 is 5.41 Å². The first-order valence-electron chi connectivity index (χ1n) is 11.6. The summed E-state index contributed by atoms with van der Waals surface area (Å²) in [6, 6.07) is 10.6. The summed E-state index contributed by atoms with van der Waals surface area (Å²) in [5.74, 6) is -0.0505. The van der Waals surface area contributed by atoms with Crippen molar-refractivity contribution in [3.63, 3.8) is 0 Å². The third-order valence-electron chi connectivity index (χ3n) is 7.30. The molecule has 1 spiro atoms. The van der Waals surface area contributed by atoms with Gasteiger partial charge in [0.15, 0.2) is 0 Å². The van der Waals surface area contributed by atoms with Crippen molar-refractivity contribution in [2.45, 2.75) is 24.8 Å². The molecule has 0 bridgehead atoms. The zero-order valence-corrected chi connectivity index (χ0v) is 20.0. The molecule has 2 aromatic carbocycles. The van der Waals surface area contributed by atoms with Gasteiger partial charge < -0.3 is 9.64 Å². The van der Waals surface area contributed by atoms with Crippen LogP contribution in [0, 0.1) is 5.82 Å². The number of ether oxygens (including phenoxy) is 1. The van der Waals surface area contributed by atoms with Crippen LogP contribution in [0.1, 0.15) is 24.0 Å². The Kier molecular flexibility index (Phi) is 6.65. The van der Waals surface area contributed by atoms with Crippen LogP contribution in [0.4, 0.5) is 10.1 Å². The number of benzene rings is 2. The van der Waals surface area contributed by atoms with Gasteiger partial charge in [0.2, 0.25) is 5.91 Å². The molecule has 2 saturated heterocycles. The van der Waals surface area contributed by atoms with Gasteiger partial charge in [-0.3, -0.25) is 14.6 Å². The van der Waals surface area contributed by atoms with E-state index in [1.54, 1.807) is 6.07 Å². The molecule has 0 radical (unpaired) electrons. The van der Waals surface area contributed by atoms with E-state index in [1.165, 1.54) is 6.07 Å². The molecule has 8 heteroatoms. The van der Waals surface area contributed by atoms with Gasteiger partial charge in [-0.1, -0.05) is 41.4 Å². The SMILES string of the molecule is O=C1N(CCN2CCOCC2)c2cc(Cl)c(Cl)cc2C12CCN(Cc1ccccc1F)CC2. The molecule has 5 rings (SSSR count). The summed E-state index contributed by atoms with van der Waals surface area (Å²) >= 11 is 12.8. The molecular weight excluding hydrogens is 464 g/mol. The quantitative estimate of drug-likeness (QED) is 0.622. The van der Waals surface area contributed by atoms with Gasteiger partial charge in [0.05, 0.1) is 28.7 Å². The van der Waals surface area contributed by atoms with Crippen LogP contribution in [0.5, 0.6) is 0 Å².